The van der Waals surface area contributed by atoms with Crippen molar-refractivity contribution in [3.8, 4) is 0 Å². The second kappa shape index (κ2) is 33.3. The Kier molecular flexibility index (Phi) is 32.1. The number of quaternary nitrogens is 1. The van der Waals surface area contributed by atoms with Crippen molar-refractivity contribution in [3.63, 3.8) is 0 Å². The standard InChI is InChI=1S/C40H72NO7P/c1-6-8-10-11-12-13-14-15-16-17-18-19-20-21-22-23-24-25-26-27-28-29-30-32-35-45-37-39(48-40(42)33-31-9-7-2)38-47-49(43,44)46-36-34-41(3,4)5/h8,10,12-13,15-16,18-19,21-22,39H,6-7,9,11,14,17,20,23-38H2,1-5H3/b10-8-,13-12-,16-15-,19-18-,22-21-. The summed E-state index contributed by atoms with van der Waals surface area (Å²) in [6.07, 6.45) is 40.3. The highest BCUT2D eigenvalue weighted by Gasteiger charge is 2.20. The average Bonchev–Trinajstić information content (AvgIpc) is 3.04. The van der Waals surface area contributed by atoms with E-state index >= 15 is 0 Å². The molecular weight excluding hydrogens is 637 g/mol. The van der Waals surface area contributed by atoms with Crippen molar-refractivity contribution < 1.29 is 37.3 Å². The fraction of sp³-hybridized carbons (Fsp3) is 0.725. The van der Waals surface area contributed by atoms with E-state index in [1.165, 1.54) is 38.5 Å². The molecule has 0 spiro atoms. The van der Waals surface area contributed by atoms with Crippen LogP contribution in [0.5, 0.6) is 0 Å². The lowest BCUT2D eigenvalue weighted by Gasteiger charge is -2.28. The largest absolute Gasteiger partial charge is 0.756 e. The lowest BCUT2D eigenvalue weighted by atomic mass is 10.1. The number of hydrogen-bond acceptors (Lipinski definition) is 7. The maximum Gasteiger partial charge on any atom is 0.306 e. The summed E-state index contributed by atoms with van der Waals surface area (Å²) < 4.78 is 34.0. The predicted octanol–water partition coefficient (Wildman–Crippen LogP) is 9.97. The minimum atomic E-state index is -4.50. The molecule has 0 saturated carbocycles. The van der Waals surface area contributed by atoms with Crippen molar-refractivity contribution in [1.29, 1.82) is 0 Å². The Labute approximate surface area is 300 Å². The lowest BCUT2D eigenvalue weighted by molar-refractivity contribution is -0.870. The molecule has 0 amide bonds. The van der Waals surface area contributed by atoms with E-state index in [0.29, 0.717) is 24.1 Å². The van der Waals surface area contributed by atoms with E-state index in [1.807, 2.05) is 21.1 Å². The van der Waals surface area contributed by atoms with Gasteiger partial charge in [-0.25, -0.2) is 0 Å². The van der Waals surface area contributed by atoms with Crippen molar-refractivity contribution >= 4 is 13.8 Å². The molecule has 0 aliphatic carbocycles. The van der Waals surface area contributed by atoms with Gasteiger partial charge in [0.2, 0.25) is 0 Å². The number of carbonyl (C=O) groups is 1. The van der Waals surface area contributed by atoms with Crippen LogP contribution in [0.1, 0.15) is 129 Å². The van der Waals surface area contributed by atoms with Gasteiger partial charge in [-0.1, -0.05) is 126 Å². The zero-order valence-electron chi connectivity index (χ0n) is 31.9. The van der Waals surface area contributed by atoms with Gasteiger partial charge in [-0.15, -0.1) is 0 Å². The maximum atomic E-state index is 12.3. The fourth-order valence-electron chi connectivity index (χ4n) is 4.63. The molecule has 2 unspecified atom stereocenters. The van der Waals surface area contributed by atoms with Gasteiger partial charge in [-0.3, -0.25) is 9.36 Å². The highest BCUT2D eigenvalue weighted by molar-refractivity contribution is 7.45. The van der Waals surface area contributed by atoms with E-state index in [-0.39, 0.29) is 25.8 Å². The summed E-state index contributed by atoms with van der Waals surface area (Å²) >= 11 is 0. The molecule has 284 valence electrons. The molecule has 0 aromatic rings. The SMILES string of the molecule is CC/C=C\C/C=C\C/C=C\C/C=C\C/C=C\CCCCCCCCCCOCC(COP(=O)([O-])OCC[N+](C)(C)C)OC(=O)CCCCC. The molecule has 2 atom stereocenters. The average molecular weight is 710 g/mol. The van der Waals surface area contributed by atoms with E-state index < -0.39 is 13.9 Å². The molecule has 0 aliphatic heterocycles. The first-order chi connectivity index (χ1) is 23.6. The van der Waals surface area contributed by atoms with E-state index in [4.69, 9.17) is 18.5 Å². The summed E-state index contributed by atoms with van der Waals surface area (Å²) in [6.45, 7) is 5.07. The fourth-order valence-corrected chi connectivity index (χ4v) is 5.36. The second-order valence-electron chi connectivity index (χ2n) is 13.6. The quantitative estimate of drug-likeness (QED) is 0.0216. The number of phosphoric ester groups is 1. The first kappa shape index (κ1) is 47.2. The van der Waals surface area contributed by atoms with Gasteiger partial charge in [-0.05, 0) is 57.8 Å². The third kappa shape index (κ3) is 37.3. The number of rotatable bonds is 34. The predicted molar refractivity (Wildman–Crippen MR) is 203 cm³/mol. The molecule has 0 aliphatic rings. The third-order valence-corrected chi connectivity index (χ3v) is 8.55. The summed E-state index contributed by atoms with van der Waals surface area (Å²) in [6, 6.07) is 0. The minimum absolute atomic E-state index is 0.0212. The van der Waals surface area contributed by atoms with Crippen molar-refractivity contribution in [2.75, 3.05) is 54.1 Å². The lowest BCUT2D eigenvalue weighted by Crippen LogP contribution is -2.37. The highest BCUT2D eigenvalue weighted by atomic mass is 31.2. The van der Waals surface area contributed by atoms with Crippen molar-refractivity contribution in [1.82, 2.24) is 0 Å². The Morgan fingerprint density at radius 1 is 0.653 bits per heavy atom. The minimum Gasteiger partial charge on any atom is -0.756 e. The summed E-state index contributed by atoms with van der Waals surface area (Å²) in [4.78, 5) is 24.5. The Balaban J connectivity index is 3.96. The molecule has 0 aromatic heterocycles. The Bertz CT molecular complexity index is 968. The Hall–Kier alpha value is -1.80. The molecule has 0 radical (unpaired) electrons. The molecule has 0 saturated heterocycles. The normalized spacial score (nSPS) is 14.7. The Morgan fingerprint density at radius 3 is 1.73 bits per heavy atom. The van der Waals surface area contributed by atoms with Crippen molar-refractivity contribution in [2.45, 2.75) is 136 Å². The molecule has 0 bridgehead atoms. The van der Waals surface area contributed by atoms with Crippen LogP contribution >= 0.6 is 7.82 Å². The number of carbonyl (C=O) groups excluding carboxylic acids is 1. The van der Waals surface area contributed by atoms with Crippen LogP contribution in [0, 0.1) is 0 Å². The van der Waals surface area contributed by atoms with E-state index in [0.717, 1.165) is 70.6 Å². The number of likely N-dealkylation sites (N-methyl/N-ethyl adjacent to an activating group) is 1. The molecule has 9 heteroatoms. The topological polar surface area (TPSA) is 94.1 Å². The third-order valence-electron chi connectivity index (χ3n) is 7.58. The zero-order valence-corrected chi connectivity index (χ0v) is 32.8. The second-order valence-corrected chi connectivity index (χ2v) is 15.0. The number of hydrogen-bond donors (Lipinski definition) is 0. The molecular formula is C40H72NO7P. The number of nitrogens with zero attached hydrogens (tertiary/aromatic N) is 1. The van der Waals surface area contributed by atoms with Crippen LogP contribution in [0.4, 0.5) is 0 Å². The van der Waals surface area contributed by atoms with Crippen LogP contribution < -0.4 is 4.89 Å². The number of unbranched alkanes of at least 4 members (excludes halogenated alkanes) is 10. The number of allylic oxidation sites excluding steroid dienone is 10. The van der Waals surface area contributed by atoms with E-state index in [2.05, 4.69) is 74.6 Å². The summed E-state index contributed by atoms with van der Waals surface area (Å²) in [5.41, 5.74) is 0. The summed E-state index contributed by atoms with van der Waals surface area (Å²) in [5, 5.41) is 0. The molecule has 0 N–H and O–H groups in total. The van der Waals surface area contributed by atoms with Gasteiger partial charge in [-0.2, -0.15) is 0 Å². The van der Waals surface area contributed by atoms with E-state index in [1.54, 1.807) is 0 Å². The first-order valence-electron chi connectivity index (χ1n) is 19.0. The van der Waals surface area contributed by atoms with Crippen LogP contribution in [0.2, 0.25) is 0 Å². The van der Waals surface area contributed by atoms with Crippen LogP contribution in [0.3, 0.4) is 0 Å². The van der Waals surface area contributed by atoms with Gasteiger partial charge in [0.15, 0.2) is 0 Å². The molecule has 8 nitrogen and oxygen atoms in total. The molecule has 0 rings (SSSR count). The monoisotopic (exact) mass is 710 g/mol. The van der Waals surface area contributed by atoms with Crippen LogP contribution in [0.15, 0.2) is 60.8 Å². The van der Waals surface area contributed by atoms with Gasteiger partial charge in [0.25, 0.3) is 7.82 Å². The van der Waals surface area contributed by atoms with Crippen LogP contribution in [-0.4, -0.2) is 70.7 Å². The molecule has 49 heavy (non-hydrogen) atoms. The smallest absolute Gasteiger partial charge is 0.306 e. The van der Waals surface area contributed by atoms with Gasteiger partial charge in [0.05, 0.1) is 34.4 Å². The molecule has 0 aromatic carbocycles. The maximum absolute atomic E-state index is 12.3. The summed E-state index contributed by atoms with van der Waals surface area (Å²) in [5.74, 6) is -0.366. The Morgan fingerprint density at radius 2 is 1.18 bits per heavy atom. The number of ether oxygens (including phenoxy) is 2. The zero-order chi connectivity index (χ0) is 36.3. The molecule has 0 heterocycles. The van der Waals surface area contributed by atoms with Crippen LogP contribution in [-0.2, 0) is 27.9 Å². The molecule has 0 fully saturated rings. The van der Waals surface area contributed by atoms with E-state index in [9.17, 15) is 14.3 Å². The first-order valence-corrected chi connectivity index (χ1v) is 20.5. The van der Waals surface area contributed by atoms with Crippen LogP contribution in [0.25, 0.3) is 0 Å². The number of phosphoric acid groups is 1. The van der Waals surface area contributed by atoms with Gasteiger partial charge in [0, 0.05) is 13.0 Å². The highest BCUT2D eigenvalue weighted by Crippen LogP contribution is 2.38. The van der Waals surface area contributed by atoms with Gasteiger partial charge < -0.3 is 27.9 Å². The summed E-state index contributed by atoms with van der Waals surface area (Å²) in [7, 11) is 1.34. The van der Waals surface area contributed by atoms with Gasteiger partial charge >= 0.3 is 5.97 Å². The van der Waals surface area contributed by atoms with Crippen molar-refractivity contribution in [3.05, 3.63) is 60.8 Å². The van der Waals surface area contributed by atoms with Crippen molar-refractivity contribution in [2.24, 2.45) is 0 Å². The van der Waals surface area contributed by atoms with Gasteiger partial charge in [0.1, 0.15) is 19.3 Å². The number of esters is 1.